The molecule has 130 valence electrons. The van der Waals surface area contributed by atoms with Gasteiger partial charge < -0.3 is 27.0 Å². The van der Waals surface area contributed by atoms with Gasteiger partial charge in [0.25, 0.3) is 0 Å². The SMILES string of the molecule is Cc1ccc(O)c(C(CC2CCCCN2C)c2ccccc2)c1.[Br-].[H+]. The maximum atomic E-state index is 10.4. The molecule has 2 aromatic carbocycles. The number of halogens is 1. The lowest BCUT2D eigenvalue weighted by Gasteiger charge is -2.35. The molecule has 3 rings (SSSR count). The van der Waals surface area contributed by atoms with Crippen LogP contribution in [0.4, 0.5) is 0 Å². The van der Waals surface area contributed by atoms with Crippen LogP contribution in [-0.4, -0.2) is 29.6 Å². The predicted molar refractivity (Wildman–Crippen MR) is 97.1 cm³/mol. The number of piperidine rings is 1. The molecule has 3 heteroatoms. The molecule has 2 aromatic rings. The van der Waals surface area contributed by atoms with E-state index in [1.165, 1.54) is 36.9 Å². The van der Waals surface area contributed by atoms with Gasteiger partial charge in [0.15, 0.2) is 0 Å². The highest BCUT2D eigenvalue weighted by Crippen LogP contribution is 2.37. The molecule has 0 aliphatic carbocycles. The summed E-state index contributed by atoms with van der Waals surface area (Å²) in [5.74, 6) is 0.671. The molecule has 1 fully saturated rings. The number of aromatic hydroxyl groups is 1. The van der Waals surface area contributed by atoms with Crippen molar-refractivity contribution in [3.05, 3.63) is 65.2 Å². The van der Waals surface area contributed by atoms with Crippen molar-refractivity contribution in [3.63, 3.8) is 0 Å². The Kier molecular flexibility index (Phi) is 6.88. The fraction of sp³-hybridized carbons (Fsp3) is 0.429. The molecule has 2 nitrogen and oxygen atoms in total. The van der Waals surface area contributed by atoms with E-state index in [0.717, 1.165) is 12.0 Å². The van der Waals surface area contributed by atoms with E-state index in [4.69, 9.17) is 0 Å². The summed E-state index contributed by atoms with van der Waals surface area (Å²) >= 11 is 0. The molecule has 1 N–H and O–H groups in total. The van der Waals surface area contributed by atoms with Crippen molar-refractivity contribution in [1.82, 2.24) is 4.90 Å². The zero-order valence-electron chi connectivity index (χ0n) is 15.6. The van der Waals surface area contributed by atoms with Crippen LogP contribution in [0, 0.1) is 6.92 Å². The minimum Gasteiger partial charge on any atom is -1.00 e. The largest absolute Gasteiger partial charge is 1.00 e. The van der Waals surface area contributed by atoms with Crippen molar-refractivity contribution in [3.8, 4) is 5.75 Å². The number of hydrogen-bond acceptors (Lipinski definition) is 2. The molecule has 1 aliphatic heterocycles. The third-order valence-corrected chi connectivity index (χ3v) is 5.19. The van der Waals surface area contributed by atoms with Crippen molar-refractivity contribution in [2.45, 2.75) is 44.6 Å². The molecule has 0 aromatic heterocycles. The number of phenolic OH excluding ortho intramolecular Hbond substituents is 1. The van der Waals surface area contributed by atoms with Gasteiger partial charge in [-0.05, 0) is 51.4 Å². The van der Waals surface area contributed by atoms with Gasteiger partial charge in [0, 0.05) is 17.5 Å². The minimum absolute atomic E-state index is 0. The molecule has 24 heavy (non-hydrogen) atoms. The summed E-state index contributed by atoms with van der Waals surface area (Å²) in [5, 5.41) is 10.4. The second-order valence-corrected chi connectivity index (χ2v) is 6.89. The summed E-state index contributed by atoms with van der Waals surface area (Å²) < 4.78 is 0. The quantitative estimate of drug-likeness (QED) is 0.861. The van der Waals surface area contributed by atoms with Crippen LogP contribution in [0.25, 0.3) is 0 Å². The van der Waals surface area contributed by atoms with Crippen LogP contribution in [0.5, 0.6) is 5.75 Å². The van der Waals surface area contributed by atoms with Crippen LogP contribution in [0.3, 0.4) is 0 Å². The van der Waals surface area contributed by atoms with Gasteiger partial charge in [0.05, 0.1) is 0 Å². The third kappa shape index (κ3) is 4.40. The maximum Gasteiger partial charge on any atom is 1.00 e. The van der Waals surface area contributed by atoms with E-state index in [1.807, 2.05) is 12.1 Å². The Bertz CT molecular complexity index is 650. The topological polar surface area (TPSA) is 23.5 Å². The molecule has 0 amide bonds. The smallest absolute Gasteiger partial charge is 1.00 e. The minimum atomic E-state index is 0. The Balaban J connectivity index is 0.00000156. The van der Waals surface area contributed by atoms with E-state index in [9.17, 15) is 5.11 Å². The standard InChI is InChI=1S/C21H27NO.BrH/c1-16-11-12-21(23)20(14-16)19(17-8-4-3-5-9-17)15-18-10-6-7-13-22(18)2;/h3-5,8-9,11-12,14,18-19,23H,6-7,10,13,15H2,1-2H3;1H. The molecular weight excluding hydrogens is 362 g/mol. The van der Waals surface area contributed by atoms with E-state index in [2.05, 4.69) is 55.3 Å². The first-order valence-corrected chi connectivity index (χ1v) is 8.70. The average Bonchev–Trinajstić information content (AvgIpc) is 2.57. The highest BCUT2D eigenvalue weighted by atomic mass is 79.9. The van der Waals surface area contributed by atoms with Crippen LogP contribution in [0.2, 0.25) is 0 Å². The van der Waals surface area contributed by atoms with Gasteiger partial charge in [-0.1, -0.05) is 54.4 Å². The molecule has 0 radical (unpaired) electrons. The molecule has 2 atom stereocenters. The van der Waals surface area contributed by atoms with E-state index in [1.54, 1.807) is 0 Å². The van der Waals surface area contributed by atoms with E-state index in [-0.39, 0.29) is 24.3 Å². The lowest BCUT2D eigenvalue weighted by molar-refractivity contribution is -0.00000582. The van der Waals surface area contributed by atoms with Crippen LogP contribution in [-0.2, 0) is 0 Å². The number of nitrogens with zero attached hydrogens (tertiary/aromatic N) is 1. The Morgan fingerprint density at radius 2 is 1.92 bits per heavy atom. The Morgan fingerprint density at radius 3 is 2.62 bits per heavy atom. The van der Waals surface area contributed by atoms with Crippen molar-refractivity contribution >= 4 is 0 Å². The van der Waals surface area contributed by atoms with Crippen molar-refractivity contribution < 1.29 is 23.5 Å². The predicted octanol–water partition coefficient (Wildman–Crippen LogP) is 1.82. The monoisotopic (exact) mass is 389 g/mol. The molecule has 0 saturated carbocycles. The van der Waals surface area contributed by atoms with Crippen molar-refractivity contribution in [2.75, 3.05) is 13.6 Å². The van der Waals surface area contributed by atoms with Crippen LogP contribution < -0.4 is 17.0 Å². The molecule has 1 saturated heterocycles. The van der Waals surface area contributed by atoms with Gasteiger partial charge >= 0.3 is 1.43 Å². The van der Waals surface area contributed by atoms with E-state index >= 15 is 0 Å². The van der Waals surface area contributed by atoms with Crippen molar-refractivity contribution in [1.29, 1.82) is 0 Å². The third-order valence-electron chi connectivity index (χ3n) is 5.19. The van der Waals surface area contributed by atoms with Crippen LogP contribution in [0.15, 0.2) is 48.5 Å². The van der Waals surface area contributed by atoms with Gasteiger partial charge in [-0.15, -0.1) is 0 Å². The van der Waals surface area contributed by atoms with E-state index < -0.39 is 0 Å². The van der Waals surface area contributed by atoms with Gasteiger partial charge in [0.1, 0.15) is 5.75 Å². The van der Waals surface area contributed by atoms with Crippen LogP contribution >= 0.6 is 0 Å². The number of benzene rings is 2. The zero-order chi connectivity index (χ0) is 16.2. The summed E-state index contributed by atoms with van der Waals surface area (Å²) in [6.07, 6.45) is 4.94. The number of hydrogen-bond donors (Lipinski definition) is 1. The summed E-state index contributed by atoms with van der Waals surface area (Å²) in [6, 6.07) is 17.2. The fourth-order valence-electron chi connectivity index (χ4n) is 3.79. The summed E-state index contributed by atoms with van der Waals surface area (Å²) in [7, 11) is 2.24. The first-order valence-electron chi connectivity index (χ1n) is 8.70. The molecule has 1 aliphatic rings. The Hall–Kier alpha value is -1.32. The second-order valence-electron chi connectivity index (χ2n) is 6.89. The molecule has 0 bridgehead atoms. The number of aryl methyl sites for hydroxylation is 1. The normalized spacial score (nSPS) is 19.5. The first kappa shape index (κ1) is 19.0. The first-order chi connectivity index (χ1) is 11.1. The second kappa shape index (κ2) is 8.68. The number of phenols is 1. The zero-order valence-corrected chi connectivity index (χ0v) is 16.2. The lowest BCUT2D eigenvalue weighted by Crippen LogP contribution is -3.00. The summed E-state index contributed by atoms with van der Waals surface area (Å²) in [4.78, 5) is 2.49. The maximum absolute atomic E-state index is 10.4. The van der Waals surface area contributed by atoms with Gasteiger partial charge in [-0.2, -0.15) is 0 Å². The Morgan fingerprint density at radius 1 is 1.17 bits per heavy atom. The van der Waals surface area contributed by atoms with Crippen molar-refractivity contribution in [2.24, 2.45) is 0 Å². The average molecular weight is 390 g/mol. The summed E-state index contributed by atoms with van der Waals surface area (Å²) in [5.41, 5.74) is 3.57. The van der Waals surface area contributed by atoms with Gasteiger partial charge in [0.2, 0.25) is 0 Å². The highest BCUT2D eigenvalue weighted by molar-refractivity contribution is 5.43. The van der Waals surface area contributed by atoms with Gasteiger partial charge in [-0.3, -0.25) is 0 Å². The fourth-order valence-corrected chi connectivity index (χ4v) is 3.79. The Labute approximate surface area is 157 Å². The van der Waals surface area contributed by atoms with Crippen LogP contribution in [0.1, 0.15) is 49.7 Å². The van der Waals surface area contributed by atoms with Gasteiger partial charge in [-0.25, -0.2) is 0 Å². The molecule has 0 spiro atoms. The molecular formula is C21H28BrNO. The molecule has 2 unspecified atom stereocenters. The number of likely N-dealkylation sites (tertiary alicyclic amines) is 1. The summed E-state index contributed by atoms with van der Waals surface area (Å²) in [6.45, 7) is 3.28. The lowest BCUT2D eigenvalue weighted by atomic mass is 9.82. The number of rotatable bonds is 4. The molecule has 1 heterocycles. The van der Waals surface area contributed by atoms with E-state index in [0.29, 0.717) is 11.8 Å². The highest BCUT2D eigenvalue weighted by Gasteiger charge is 2.26.